The van der Waals surface area contributed by atoms with Crippen LogP contribution in [0.2, 0.25) is 0 Å². The van der Waals surface area contributed by atoms with Crippen LogP contribution in [0.25, 0.3) is 0 Å². The number of piperazine rings is 1. The largest absolute Gasteiger partial charge is 0.465 e. The second kappa shape index (κ2) is 9.41. The molecule has 1 aliphatic heterocycles. The maximum atomic E-state index is 13.3. The van der Waals surface area contributed by atoms with Crippen molar-refractivity contribution in [3.05, 3.63) is 60.3 Å². The first-order chi connectivity index (χ1) is 15.5. The lowest BCUT2D eigenvalue weighted by Crippen LogP contribution is -2.48. The lowest BCUT2D eigenvalue weighted by atomic mass is 10.1. The molecule has 0 spiro atoms. The molecule has 1 saturated heterocycles. The molecule has 0 saturated carbocycles. The molecule has 1 fully saturated rings. The van der Waals surface area contributed by atoms with Crippen molar-refractivity contribution in [2.45, 2.75) is 13.0 Å². The zero-order valence-corrected chi connectivity index (χ0v) is 17.4. The fourth-order valence-electron chi connectivity index (χ4n) is 3.38. The van der Waals surface area contributed by atoms with E-state index in [0.29, 0.717) is 49.6 Å². The zero-order valence-electron chi connectivity index (χ0n) is 17.4. The van der Waals surface area contributed by atoms with Crippen molar-refractivity contribution in [2.24, 2.45) is 0 Å². The van der Waals surface area contributed by atoms with Gasteiger partial charge < -0.3 is 25.5 Å². The Balaban J connectivity index is 1.58. The zero-order chi connectivity index (χ0) is 22.5. The first kappa shape index (κ1) is 21.2. The minimum atomic E-state index is -0.923. The van der Waals surface area contributed by atoms with Crippen molar-refractivity contribution < 1.29 is 14.3 Å². The quantitative estimate of drug-likeness (QED) is 0.533. The Morgan fingerprint density at radius 2 is 1.84 bits per heavy atom. The smallest absolute Gasteiger partial charge is 0.407 e. The number of carboxylic acid groups (broad SMARTS) is 1. The second-order valence-corrected chi connectivity index (χ2v) is 7.32. The minimum Gasteiger partial charge on any atom is -0.465 e. The molecule has 0 radical (unpaired) electrons. The number of aromatic nitrogens is 4. The Labute approximate surface area is 184 Å². The number of hydrogen-bond acceptors (Lipinski definition) is 8. The van der Waals surface area contributed by atoms with E-state index < -0.39 is 6.09 Å². The van der Waals surface area contributed by atoms with Gasteiger partial charge in [0.1, 0.15) is 23.3 Å². The molecule has 1 aromatic carbocycles. The standard InChI is InChI=1S/C21H23FN8O2/c1-14(15-2-4-16(22)5-3-15)25-20-27-17(26-18-13-23-6-7-24-18)12-19(28-20)29-8-10-30(11-9-29)21(31)32/h2-7,12-14H,8-11H2,1H3,(H,31,32)(H2,24,25,26,27,28). The highest BCUT2D eigenvalue weighted by molar-refractivity contribution is 5.66. The molecule has 32 heavy (non-hydrogen) atoms. The van der Waals surface area contributed by atoms with E-state index in [1.54, 1.807) is 36.8 Å². The number of halogens is 1. The topological polar surface area (TPSA) is 119 Å². The summed E-state index contributed by atoms with van der Waals surface area (Å²) in [5.41, 5.74) is 0.888. The number of nitrogens with one attached hydrogen (secondary N) is 2. The number of anilines is 4. The molecule has 4 rings (SSSR count). The molecule has 10 nitrogen and oxygen atoms in total. The van der Waals surface area contributed by atoms with Gasteiger partial charge in [-0.15, -0.1) is 0 Å². The van der Waals surface area contributed by atoms with Crippen LogP contribution in [0.4, 0.5) is 32.6 Å². The summed E-state index contributed by atoms with van der Waals surface area (Å²) in [5.74, 6) is 1.79. The molecule has 0 bridgehead atoms. The predicted molar refractivity (Wildman–Crippen MR) is 118 cm³/mol. The second-order valence-electron chi connectivity index (χ2n) is 7.32. The summed E-state index contributed by atoms with van der Waals surface area (Å²) in [5, 5.41) is 15.6. The highest BCUT2D eigenvalue weighted by Crippen LogP contribution is 2.24. The Morgan fingerprint density at radius 3 is 2.50 bits per heavy atom. The van der Waals surface area contributed by atoms with Crippen molar-refractivity contribution in [3.63, 3.8) is 0 Å². The third-order valence-corrected chi connectivity index (χ3v) is 5.12. The number of amides is 1. The van der Waals surface area contributed by atoms with E-state index in [0.717, 1.165) is 5.56 Å². The Bertz CT molecular complexity index is 1060. The summed E-state index contributed by atoms with van der Waals surface area (Å²) < 4.78 is 13.3. The van der Waals surface area contributed by atoms with E-state index in [-0.39, 0.29) is 11.9 Å². The number of hydrogen-bond donors (Lipinski definition) is 3. The van der Waals surface area contributed by atoms with Crippen LogP contribution in [0, 0.1) is 5.82 Å². The molecule has 3 N–H and O–H groups in total. The first-order valence-corrected chi connectivity index (χ1v) is 10.1. The SMILES string of the molecule is CC(Nc1nc(Nc2cnccn2)cc(N2CCN(C(=O)O)CC2)n1)c1ccc(F)cc1. The molecular formula is C21H23FN8O2. The molecule has 166 valence electrons. The number of benzene rings is 1. The van der Waals surface area contributed by atoms with E-state index in [2.05, 4.69) is 30.6 Å². The Morgan fingerprint density at radius 1 is 1.09 bits per heavy atom. The molecule has 2 aromatic heterocycles. The number of carbonyl (C=O) groups is 1. The lowest BCUT2D eigenvalue weighted by molar-refractivity contribution is 0.142. The van der Waals surface area contributed by atoms with E-state index >= 15 is 0 Å². The fraction of sp³-hybridized carbons (Fsp3) is 0.286. The summed E-state index contributed by atoms with van der Waals surface area (Å²) in [7, 11) is 0. The summed E-state index contributed by atoms with van der Waals surface area (Å²) in [6, 6.07) is 7.86. The monoisotopic (exact) mass is 438 g/mol. The van der Waals surface area contributed by atoms with Gasteiger partial charge in [0.15, 0.2) is 0 Å². The van der Waals surface area contributed by atoms with Gasteiger partial charge in [-0.3, -0.25) is 4.98 Å². The third kappa shape index (κ3) is 5.17. The average molecular weight is 438 g/mol. The van der Waals surface area contributed by atoms with Crippen LogP contribution in [-0.2, 0) is 0 Å². The van der Waals surface area contributed by atoms with Crippen LogP contribution in [0.5, 0.6) is 0 Å². The molecule has 3 heterocycles. The average Bonchev–Trinajstić information content (AvgIpc) is 2.80. The number of nitrogens with zero attached hydrogens (tertiary/aromatic N) is 6. The maximum Gasteiger partial charge on any atom is 0.407 e. The van der Waals surface area contributed by atoms with Gasteiger partial charge in [0.05, 0.1) is 12.2 Å². The predicted octanol–water partition coefficient (Wildman–Crippen LogP) is 3.12. The van der Waals surface area contributed by atoms with E-state index in [1.165, 1.54) is 17.0 Å². The van der Waals surface area contributed by atoms with Crippen LogP contribution in [0.3, 0.4) is 0 Å². The van der Waals surface area contributed by atoms with E-state index in [1.807, 2.05) is 11.8 Å². The van der Waals surface area contributed by atoms with Crippen molar-refractivity contribution in [1.82, 2.24) is 24.8 Å². The van der Waals surface area contributed by atoms with E-state index in [4.69, 9.17) is 0 Å². The van der Waals surface area contributed by atoms with Crippen LogP contribution >= 0.6 is 0 Å². The van der Waals surface area contributed by atoms with Gasteiger partial charge >= 0.3 is 6.09 Å². The molecular weight excluding hydrogens is 415 g/mol. The van der Waals surface area contributed by atoms with Crippen LogP contribution in [-0.4, -0.2) is 62.2 Å². The molecule has 1 aliphatic rings. The number of rotatable bonds is 6. The summed E-state index contributed by atoms with van der Waals surface area (Å²) >= 11 is 0. The van der Waals surface area contributed by atoms with Crippen molar-refractivity contribution in [3.8, 4) is 0 Å². The highest BCUT2D eigenvalue weighted by atomic mass is 19.1. The molecule has 3 aromatic rings. The Hall–Kier alpha value is -4.02. The minimum absolute atomic E-state index is 0.168. The summed E-state index contributed by atoms with van der Waals surface area (Å²) in [6.07, 6.45) is 3.82. The normalized spacial score (nSPS) is 14.7. The summed E-state index contributed by atoms with van der Waals surface area (Å²) in [4.78, 5) is 32.1. The van der Waals surface area contributed by atoms with Gasteiger partial charge in [0.25, 0.3) is 0 Å². The van der Waals surface area contributed by atoms with Gasteiger partial charge in [-0.2, -0.15) is 9.97 Å². The third-order valence-electron chi connectivity index (χ3n) is 5.12. The van der Waals surface area contributed by atoms with Crippen molar-refractivity contribution in [1.29, 1.82) is 0 Å². The maximum absolute atomic E-state index is 13.3. The summed E-state index contributed by atoms with van der Waals surface area (Å²) in [6.45, 7) is 3.74. The van der Waals surface area contributed by atoms with Crippen LogP contribution in [0.15, 0.2) is 48.9 Å². The molecule has 1 amide bonds. The molecule has 0 aliphatic carbocycles. The fourth-order valence-corrected chi connectivity index (χ4v) is 3.38. The Kier molecular flexibility index (Phi) is 6.24. The van der Waals surface area contributed by atoms with Gasteiger partial charge in [-0.05, 0) is 24.6 Å². The van der Waals surface area contributed by atoms with Crippen LogP contribution < -0.4 is 15.5 Å². The van der Waals surface area contributed by atoms with Gasteiger partial charge in [-0.1, -0.05) is 12.1 Å². The van der Waals surface area contributed by atoms with Crippen molar-refractivity contribution >= 4 is 29.5 Å². The molecule has 11 heteroatoms. The lowest BCUT2D eigenvalue weighted by Gasteiger charge is -2.34. The molecule has 1 unspecified atom stereocenters. The van der Waals surface area contributed by atoms with Gasteiger partial charge in [-0.25, -0.2) is 14.2 Å². The van der Waals surface area contributed by atoms with Crippen molar-refractivity contribution in [2.75, 3.05) is 41.7 Å². The van der Waals surface area contributed by atoms with Gasteiger partial charge in [0.2, 0.25) is 5.95 Å². The highest BCUT2D eigenvalue weighted by Gasteiger charge is 2.22. The first-order valence-electron chi connectivity index (χ1n) is 10.1. The molecule has 1 atom stereocenters. The van der Waals surface area contributed by atoms with E-state index in [9.17, 15) is 14.3 Å². The van der Waals surface area contributed by atoms with Crippen LogP contribution in [0.1, 0.15) is 18.5 Å². The van der Waals surface area contributed by atoms with Gasteiger partial charge in [0, 0.05) is 44.6 Å².